The number of hydrogen-bond acceptors (Lipinski definition) is 3. The fourth-order valence-electron chi connectivity index (χ4n) is 2.60. The van der Waals surface area contributed by atoms with Crippen LogP contribution in [-0.2, 0) is 6.54 Å². The van der Waals surface area contributed by atoms with Crippen molar-refractivity contribution in [3.05, 3.63) is 28.8 Å². The first-order valence-corrected chi connectivity index (χ1v) is 7.01. The van der Waals surface area contributed by atoms with Crippen molar-refractivity contribution in [2.75, 3.05) is 24.6 Å². The SMILES string of the molecule is CCNCc1cccc(Cl)c1N1CCCC1CO. The minimum absolute atomic E-state index is 0.200. The highest BCUT2D eigenvalue weighted by Gasteiger charge is 2.27. The quantitative estimate of drug-likeness (QED) is 0.861. The molecule has 0 aromatic heterocycles. The number of aliphatic hydroxyl groups excluding tert-OH is 1. The molecule has 1 unspecified atom stereocenters. The average Bonchev–Trinajstić information content (AvgIpc) is 2.84. The maximum Gasteiger partial charge on any atom is 0.0643 e. The zero-order valence-corrected chi connectivity index (χ0v) is 11.6. The predicted octanol–water partition coefficient (Wildman–Crippen LogP) is 2.41. The van der Waals surface area contributed by atoms with E-state index in [0.717, 1.165) is 43.2 Å². The maximum absolute atomic E-state index is 9.46. The van der Waals surface area contributed by atoms with Crippen molar-refractivity contribution in [3.8, 4) is 0 Å². The second-order valence-electron chi connectivity index (χ2n) is 4.70. The van der Waals surface area contributed by atoms with Crippen LogP contribution < -0.4 is 10.2 Å². The summed E-state index contributed by atoms with van der Waals surface area (Å²) in [6.07, 6.45) is 2.17. The number of rotatable bonds is 5. The first-order valence-electron chi connectivity index (χ1n) is 6.63. The molecule has 1 aliphatic rings. The standard InChI is InChI=1S/C14H21ClN2O/c1-2-16-9-11-5-3-7-13(15)14(11)17-8-4-6-12(17)10-18/h3,5,7,12,16,18H,2,4,6,8-10H2,1H3. The van der Waals surface area contributed by atoms with Crippen LogP contribution >= 0.6 is 11.6 Å². The number of hydrogen-bond donors (Lipinski definition) is 2. The Morgan fingerprint density at radius 2 is 2.33 bits per heavy atom. The van der Waals surface area contributed by atoms with Crippen molar-refractivity contribution in [1.82, 2.24) is 5.32 Å². The molecule has 18 heavy (non-hydrogen) atoms. The van der Waals surface area contributed by atoms with Gasteiger partial charge in [0.2, 0.25) is 0 Å². The average molecular weight is 269 g/mol. The lowest BCUT2D eigenvalue weighted by Crippen LogP contribution is -2.33. The van der Waals surface area contributed by atoms with Gasteiger partial charge in [-0.2, -0.15) is 0 Å². The molecule has 2 N–H and O–H groups in total. The first kappa shape index (κ1) is 13.7. The summed E-state index contributed by atoms with van der Waals surface area (Å²) in [7, 11) is 0. The lowest BCUT2D eigenvalue weighted by molar-refractivity contribution is 0.266. The molecule has 0 saturated carbocycles. The summed E-state index contributed by atoms with van der Waals surface area (Å²) in [6.45, 7) is 5.03. The highest BCUT2D eigenvalue weighted by atomic mass is 35.5. The van der Waals surface area contributed by atoms with Gasteiger partial charge >= 0.3 is 0 Å². The van der Waals surface area contributed by atoms with E-state index in [4.69, 9.17) is 11.6 Å². The molecule has 1 aromatic rings. The van der Waals surface area contributed by atoms with Crippen LogP contribution in [0.15, 0.2) is 18.2 Å². The molecule has 100 valence electrons. The van der Waals surface area contributed by atoms with E-state index in [-0.39, 0.29) is 12.6 Å². The largest absolute Gasteiger partial charge is 0.394 e. The van der Waals surface area contributed by atoms with Crippen molar-refractivity contribution >= 4 is 17.3 Å². The topological polar surface area (TPSA) is 35.5 Å². The van der Waals surface area contributed by atoms with Crippen LogP contribution in [0, 0.1) is 0 Å². The molecular weight excluding hydrogens is 248 g/mol. The van der Waals surface area contributed by atoms with Gasteiger partial charge in [0.15, 0.2) is 0 Å². The Morgan fingerprint density at radius 3 is 3.06 bits per heavy atom. The molecule has 0 amide bonds. The van der Waals surface area contributed by atoms with Gasteiger partial charge < -0.3 is 15.3 Å². The fourth-order valence-corrected chi connectivity index (χ4v) is 2.91. The molecule has 1 fully saturated rings. The lowest BCUT2D eigenvalue weighted by Gasteiger charge is -2.28. The Labute approximate surface area is 114 Å². The van der Waals surface area contributed by atoms with Crippen LogP contribution in [0.5, 0.6) is 0 Å². The number of anilines is 1. The number of para-hydroxylation sites is 1. The van der Waals surface area contributed by atoms with Gasteiger partial charge in [0.1, 0.15) is 0 Å². The molecule has 4 heteroatoms. The second kappa shape index (κ2) is 6.41. The van der Waals surface area contributed by atoms with Gasteiger partial charge in [-0.15, -0.1) is 0 Å². The second-order valence-corrected chi connectivity index (χ2v) is 5.11. The van der Waals surface area contributed by atoms with Crippen molar-refractivity contribution in [2.24, 2.45) is 0 Å². The lowest BCUT2D eigenvalue weighted by atomic mass is 10.1. The van der Waals surface area contributed by atoms with Gasteiger partial charge in [-0.3, -0.25) is 0 Å². The molecule has 0 spiro atoms. The summed E-state index contributed by atoms with van der Waals surface area (Å²) < 4.78 is 0. The van der Waals surface area contributed by atoms with E-state index in [1.165, 1.54) is 5.56 Å². The van der Waals surface area contributed by atoms with E-state index in [9.17, 15) is 5.11 Å². The molecule has 1 aliphatic heterocycles. The molecule has 1 atom stereocenters. The Kier molecular flexibility index (Phi) is 4.87. The van der Waals surface area contributed by atoms with Crippen LogP contribution in [-0.4, -0.2) is 30.8 Å². The summed E-state index contributed by atoms with van der Waals surface area (Å²) in [5.41, 5.74) is 2.31. The Balaban J connectivity index is 2.29. The van der Waals surface area contributed by atoms with Crippen LogP contribution in [0.1, 0.15) is 25.3 Å². The van der Waals surface area contributed by atoms with Gasteiger partial charge in [0, 0.05) is 13.1 Å². The van der Waals surface area contributed by atoms with E-state index in [2.05, 4.69) is 23.2 Å². The molecule has 0 aliphatic carbocycles. The Bertz CT molecular complexity index is 397. The van der Waals surface area contributed by atoms with Gasteiger partial charge in [-0.25, -0.2) is 0 Å². The molecule has 0 bridgehead atoms. The van der Waals surface area contributed by atoms with Crippen LogP contribution in [0.4, 0.5) is 5.69 Å². The van der Waals surface area contributed by atoms with Crippen LogP contribution in [0.2, 0.25) is 5.02 Å². The molecule has 1 saturated heterocycles. The number of nitrogens with zero attached hydrogens (tertiary/aromatic N) is 1. The third kappa shape index (κ3) is 2.79. The van der Waals surface area contributed by atoms with E-state index in [1.807, 2.05) is 12.1 Å². The summed E-state index contributed by atoms with van der Waals surface area (Å²) in [4.78, 5) is 2.26. The van der Waals surface area contributed by atoms with Crippen molar-refractivity contribution in [1.29, 1.82) is 0 Å². The Morgan fingerprint density at radius 1 is 1.50 bits per heavy atom. The summed E-state index contributed by atoms with van der Waals surface area (Å²) in [5, 5.41) is 13.6. The van der Waals surface area contributed by atoms with Gasteiger partial charge in [-0.1, -0.05) is 30.7 Å². The third-order valence-corrected chi connectivity index (χ3v) is 3.82. The van der Waals surface area contributed by atoms with Crippen molar-refractivity contribution in [3.63, 3.8) is 0 Å². The molecule has 3 nitrogen and oxygen atoms in total. The van der Waals surface area contributed by atoms with Crippen molar-refractivity contribution < 1.29 is 5.11 Å². The minimum atomic E-state index is 0.200. The third-order valence-electron chi connectivity index (χ3n) is 3.51. The number of nitrogens with one attached hydrogen (secondary N) is 1. The van der Waals surface area contributed by atoms with E-state index in [1.54, 1.807) is 0 Å². The van der Waals surface area contributed by atoms with Gasteiger partial charge in [-0.05, 0) is 31.0 Å². The predicted molar refractivity (Wildman–Crippen MR) is 76.3 cm³/mol. The van der Waals surface area contributed by atoms with Gasteiger partial charge in [0.25, 0.3) is 0 Å². The molecule has 1 heterocycles. The van der Waals surface area contributed by atoms with E-state index < -0.39 is 0 Å². The zero-order chi connectivity index (χ0) is 13.0. The summed E-state index contributed by atoms with van der Waals surface area (Å²) in [5.74, 6) is 0. The number of aliphatic hydroxyl groups is 1. The summed E-state index contributed by atoms with van der Waals surface area (Å²) >= 11 is 6.36. The monoisotopic (exact) mass is 268 g/mol. The minimum Gasteiger partial charge on any atom is -0.394 e. The first-order chi connectivity index (χ1) is 8.77. The molecule has 1 aromatic carbocycles. The van der Waals surface area contributed by atoms with Crippen LogP contribution in [0.25, 0.3) is 0 Å². The maximum atomic E-state index is 9.46. The van der Waals surface area contributed by atoms with Crippen LogP contribution in [0.3, 0.4) is 0 Å². The number of halogens is 1. The highest BCUT2D eigenvalue weighted by Crippen LogP contribution is 2.34. The Hall–Kier alpha value is -0.770. The smallest absolute Gasteiger partial charge is 0.0643 e. The van der Waals surface area contributed by atoms with Crippen molar-refractivity contribution in [2.45, 2.75) is 32.4 Å². The molecular formula is C14H21ClN2O. The van der Waals surface area contributed by atoms with E-state index in [0.29, 0.717) is 0 Å². The number of benzene rings is 1. The zero-order valence-electron chi connectivity index (χ0n) is 10.8. The van der Waals surface area contributed by atoms with Gasteiger partial charge in [0.05, 0.1) is 23.4 Å². The normalized spacial score (nSPS) is 19.5. The fraction of sp³-hybridized carbons (Fsp3) is 0.571. The molecule has 2 rings (SSSR count). The molecule has 0 radical (unpaired) electrons. The summed E-state index contributed by atoms with van der Waals surface area (Å²) in [6, 6.07) is 6.24. The van der Waals surface area contributed by atoms with E-state index >= 15 is 0 Å². The highest BCUT2D eigenvalue weighted by molar-refractivity contribution is 6.33.